The van der Waals surface area contributed by atoms with E-state index in [-0.39, 0.29) is 6.09 Å². The van der Waals surface area contributed by atoms with Crippen LogP contribution in [0.4, 0.5) is 4.79 Å². The fraction of sp³-hybridized carbons (Fsp3) is 0.923. The van der Waals surface area contributed by atoms with E-state index in [0.717, 1.165) is 31.1 Å². The highest BCUT2D eigenvalue weighted by atomic mass is 33.1. The van der Waals surface area contributed by atoms with Crippen LogP contribution >= 0.6 is 21.6 Å². The van der Waals surface area contributed by atoms with E-state index in [9.17, 15) is 4.79 Å². The Morgan fingerprint density at radius 2 is 1.80 bits per heavy atom. The lowest BCUT2D eigenvalue weighted by Gasteiger charge is -2.19. The summed E-state index contributed by atoms with van der Waals surface area (Å²) in [6.45, 7) is 10.7. The van der Waals surface area contributed by atoms with Gasteiger partial charge in [0.2, 0.25) is 0 Å². The number of hydrogen-bond donors (Lipinski definition) is 2. The Labute approximate surface area is 130 Å². The molecule has 0 aromatic carbocycles. The molecule has 0 rings (SSSR count). The topological polar surface area (TPSA) is 59.6 Å². The molecule has 0 saturated carbocycles. The highest BCUT2D eigenvalue weighted by Gasteiger charge is 2.15. The Kier molecular flexibility index (Phi) is 12.5. The first-order valence-corrected chi connectivity index (χ1v) is 9.44. The average Bonchev–Trinajstić information content (AvgIpc) is 2.34. The van der Waals surface area contributed by atoms with E-state index in [1.807, 2.05) is 20.8 Å². The number of amides is 1. The molecule has 0 aliphatic carbocycles. The van der Waals surface area contributed by atoms with E-state index in [1.54, 1.807) is 21.6 Å². The van der Waals surface area contributed by atoms with Gasteiger partial charge in [0.1, 0.15) is 5.60 Å². The Morgan fingerprint density at radius 3 is 2.40 bits per heavy atom. The van der Waals surface area contributed by atoms with Crippen LogP contribution in [0.15, 0.2) is 0 Å². The summed E-state index contributed by atoms with van der Waals surface area (Å²) >= 11 is 0. The van der Waals surface area contributed by atoms with Crippen molar-refractivity contribution in [3.63, 3.8) is 0 Å². The molecule has 0 radical (unpaired) electrons. The predicted molar refractivity (Wildman–Crippen MR) is 88.3 cm³/mol. The molecule has 2 N–H and O–H groups in total. The summed E-state index contributed by atoms with van der Waals surface area (Å²) in [6, 6.07) is 0. The minimum Gasteiger partial charge on any atom is -0.444 e. The number of rotatable bonds is 11. The van der Waals surface area contributed by atoms with E-state index in [0.29, 0.717) is 13.3 Å². The average molecular weight is 325 g/mol. The maximum atomic E-state index is 11.3. The quantitative estimate of drug-likeness (QED) is 0.346. The third-order valence-electron chi connectivity index (χ3n) is 1.85. The van der Waals surface area contributed by atoms with Gasteiger partial charge in [0.15, 0.2) is 0 Å². The van der Waals surface area contributed by atoms with Crippen LogP contribution in [0.25, 0.3) is 0 Å². The summed E-state index contributed by atoms with van der Waals surface area (Å²) in [6.07, 6.45) is 0.703. The molecule has 0 unspecified atom stereocenters. The molecule has 7 heteroatoms. The summed E-state index contributed by atoms with van der Waals surface area (Å²) in [7, 11) is 3.54. The minimum absolute atomic E-state index is 0.349. The molecule has 0 aromatic heterocycles. The second-order valence-electron chi connectivity index (χ2n) is 5.13. The Hall–Kier alpha value is -0.110. The van der Waals surface area contributed by atoms with Crippen LogP contribution in [-0.2, 0) is 9.47 Å². The standard InChI is InChI=1S/C13H28N2O3S2/c1-5-8-17-11-14-6-9-19-20-10-7-15-12(16)18-13(2,3)4/h14H,5-11H2,1-4H3,(H,15,16). The summed E-state index contributed by atoms with van der Waals surface area (Å²) < 4.78 is 10.4. The number of alkyl carbamates (subject to hydrolysis) is 1. The SMILES string of the molecule is CCCOCNCCSSCCNC(=O)OC(C)(C)C. The molecule has 0 saturated heterocycles. The molecular weight excluding hydrogens is 296 g/mol. The van der Waals surface area contributed by atoms with Gasteiger partial charge in [0.05, 0.1) is 6.73 Å². The second-order valence-corrected chi connectivity index (χ2v) is 7.83. The van der Waals surface area contributed by atoms with Crippen LogP contribution in [0.5, 0.6) is 0 Å². The molecule has 120 valence electrons. The maximum Gasteiger partial charge on any atom is 0.407 e. The molecule has 0 aliphatic heterocycles. The van der Waals surface area contributed by atoms with Crippen molar-refractivity contribution in [3.05, 3.63) is 0 Å². The van der Waals surface area contributed by atoms with Crippen LogP contribution in [0, 0.1) is 0 Å². The first kappa shape index (κ1) is 19.9. The molecular formula is C13H28N2O3S2. The molecule has 0 atom stereocenters. The van der Waals surface area contributed by atoms with E-state index >= 15 is 0 Å². The van der Waals surface area contributed by atoms with Gasteiger partial charge in [-0.1, -0.05) is 28.5 Å². The van der Waals surface area contributed by atoms with Gasteiger partial charge in [0, 0.05) is 31.2 Å². The zero-order valence-electron chi connectivity index (χ0n) is 13.0. The van der Waals surface area contributed by atoms with Gasteiger partial charge < -0.3 is 14.8 Å². The third kappa shape index (κ3) is 15.9. The summed E-state index contributed by atoms with van der Waals surface area (Å²) in [5.41, 5.74) is -0.433. The van der Waals surface area contributed by atoms with Gasteiger partial charge in [-0.25, -0.2) is 4.79 Å². The van der Waals surface area contributed by atoms with Crippen LogP contribution in [0.1, 0.15) is 34.1 Å². The molecule has 0 bridgehead atoms. The minimum atomic E-state index is -0.433. The van der Waals surface area contributed by atoms with E-state index in [2.05, 4.69) is 17.6 Å². The molecule has 0 aliphatic rings. The molecule has 0 aromatic rings. The van der Waals surface area contributed by atoms with E-state index in [1.165, 1.54) is 0 Å². The molecule has 1 amide bonds. The van der Waals surface area contributed by atoms with Crippen LogP contribution in [0.3, 0.4) is 0 Å². The smallest absolute Gasteiger partial charge is 0.407 e. The van der Waals surface area contributed by atoms with Crippen molar-refractivity contribution in [2.24, 2.45) is 0 Å². The number of hydrogen-bond acceptors (Lipinski definition) is 6. The largest absolute Gasteiger partial charge is 0.444 e. The number of ether oxygens (including phenoxy) is 2. The second kappa shape index (κ2) is 12.6. The van der Waals surface area contributed by atoms with E-state index in [4.69, 9.17) is 9.47 Å². The van der Waals surface area contributed by atoms with Gasteiger partial charge in [-0.2, -0.15) is 0 Å². The van der Waals surface area contributed by atoms with E-state index < -0.39 is 5.60 Å². The Balaban J connectivity index is 3.19. The first-order chi connectivity index (χ1) is 9.45. The number of nitrogens with one attached hydrogen (secondary N) is 2. The molecule has 0 fully saturated rings. The lowest BCUT2D eigenvalue weighted by molar-refractivity contribution is 0.0531. The summed E-state index contributed by atoms with van der Waals surface area (Å²) in [5.74, 6) is 1.89. The predicted octanol–water partition coefficient (Wildman–Crippen LogP) is 2.87. The highest BCUT2D eigenvalue weighted by molar-refractivity contribution is 8.76. The zero-order chi connectivity index (χ0) is 15.3. The lowest BCUT2D eigenvalue weighted by Crippen LogP contribution is -2.33. The van der Waals surface area contributed by atoms with Crippen LogP contribution in [-0.4, -0.2) is 49.6 Å². The third-order valence-corrected chi connectivity index (χ3v) is 4.26. The summed E-state index contributed by atoms with van der Waals surface area (Å²) in [4.78, 5) is 11.3. The van der Waals surface area contributed by atoms with Crippen molar-refractivity contribution >= 4 is 27.7 Å². The lowest BCUT2D eigenvalue weighted by atomic mass is 10.2. The first-order valence-electron chi connectivity index (χ1n) is 6.95. The van der Waals surface area contributed by atoms with Gasteiger partial charge in [0.25, 0.3) is 0 Å². The molecule has 5 nitrogen and oxygen atoms in total. The van der Waals surface area contributed by atoms with Crippen molar-refractivity contribution in [3.8, 4) is 0 Å². The van der Waals surface area contributed by atoms with Crippen molar-refractivity contribution < 1.29 is 14.3 Å². The Bertz CT molecular complexity index is 248. The van der Waals surface area contributed by atoms with Gasteiger partial charge in [-0.15, -0.1) is 0 Å². The fourth-order valence-electron chi connectivity index (χ4n) is 1.10. The molecule has 20 heavy (non-hydrogen) atoms. The summed E-state index contributed by atoms with van der Waals surface area (Å²) in [5, 5.41) is 5.94. The fourth-order valence-corrected chi connectivity index (χ4v) is 2.96. The zero-order valence-corrected chi connectivity index (χ0v) is 14.6. The van der Waals surface area contributed by atoms with Gasteiger partial charge in [-0.3, -0.25) is 5.32 Å². The maximum absolute atomic E-state index is 11.3. The van der Waals surface area contributed by atoms with Crippen molar-refractivity contribution in [1.29, 1.82) is 0 Å². The van der Waals surface area contributed by atoms with Crippen molar-refractivity contribution in [1.82, 2.24) is 10.6 Å². The van der Waals surface area contributed by atoms with Crippen LogP contribution < -0.4 is 10.6 Å². The molecule has 0 heterocycles. The van der Waals surface area contributed by atoms with Gasteiger partial charge in [-0.05, 0) is 27.2 Å². The van der Waals surface area contributed by atoms with Crippen molar-refractivity contribution in [2.45, 2.75) is 39.7 Å². The normalized spacial score (nSPS) is 11.4. The number of carbonyl (C=O) groups is 1. The highest BCUT2D eigenvalue weighted by Crippen LogP contribution is 2.19. The molecule has 0 spiro atoms. The van der Waals surface area contributed by atoms with Crippen LogP contribution in [0.2, 0.25) is 0 Å². The number of carbonyl (C=O) groups excluding carboxylic acids is 1. The van der Waals surface area contributed by atoms with Crippen molar-refractivity contribution in [2.75, 3.05) is 37.9 Å². The van der Waals surface area contributed by atoms with Gasteiger partial charge >= 0.3 is 6.09 Å². The monoisotopic (exact) mass is 324 g/mol. The Morgan fingerprint density at radius 1 is 1.15 bits per heavy atom.